The van der Waals surface area contributed by atoms with E-state index in [1.54, 1.807) is 0 Å². The maximum Gasteiger partial charge on any atom is 0.0257 e. The van der Waals surface area contributed by atoms with Crippen LogP contribution in [0.5, 0.6) is 0 Å². The second-order valence-electron chi connectivity index (χ2n) is 7.45. The summed E-state index contributed by atoms with van der Waals surface area (Å²) in [4.78, 5) is 0. The summed E-state index contributed by atoms with van der Waals surface area (Å²) in [5.74, 6) is 6.76. The van der Waals surface area contributed by atoms with Crippen molar-refractivity contribution >= 4 is 11.8 Å². The van der Waals surface area contributed by atoms with Gasteiger partial charge in [0.05, 0.1) is 0 Å². The molecule has 1 aliphatic rings. The van der Waals surface area contributed by atoms with Crippen LogP contribution >= 0.6 is 11.8 Å². The molecule has 0 nitrogen and oxygen atoms in total. The van der Waals surface area contributed by atoms with Crippen molar-refractivity contribution in [2.45, 2.75) is 40.0 Å². The highest BCUT2D eigenvalue weighted by Crippen LogP contribution is 2.48. The van der Waals surface area contributed by atoms with E-state index in [0.29, 0.717) is 0 Å². The number of terminal acetylenes is 1. The van der Waals surface area contributed by atoms with E-state index in [1.807, 2.05) is 12.3 Å². The lowest BCUT2D eigenvalue weighted by Gasteiger charge is -2.21. The Bertz CT molecular complexity index is 864. The second-order valence-corrected chi connectivity index (χ2v) is 8.07. The molecule has 0 heterocycles. The highest BCUT2D eigenvalue weighted by Gasteiger charge is 2.35. The summed E-state index contributed by atoms with van der Waals surface area (Å²) in [6, 6.07) is 12.8. The number of hydrogen-bond donors (Lipinski definition) is 0. The molecule has 0 fully saturated rings. The van der Waals surface area contributed by atoms with Crippen LogP contribution in [0.2, 0.25) is 0 Å². The molecule has 1 heteroatoms. The van der Waals surface area contributed by atoms with Gasteiger partial charge < -0.3 is 0 Å². The molecule has 0 aromatic heterocycles. The standard InChI is InChI=1S/C20H16S.C4H10/c1-5-14-6-8-16-17-9-7-15(10-11-21-4)13-19(17)20(2,3)18(16)12-14;1-4(2)3/h1,6-9,12-13H,2-4H3;4H,1-3H3. The van der Waals surface area contributed by atoms with Gasteiger partial charge >= 0.3 is 0 Å². The van der Waals surface area contributed by atoms with Gasteiger partial charge in [0.2, 0.25) is 0 Å². The first-order chi connectivity index (χ1) is 11.8. The Labute approximate surface area is 157 Å². The predicted molar refractivity (Wildman–Crippen MR) is 113 cm³/mol. The highest BCUT2D eigenvalue weighted by molar-refractivity contribution is 8.03. The summed E-state index contributed by atoms with van der Waals surface area (Å²) in [6.45, 7) is 11.0. The Balaban J connectivity index is 0.000000511. The van der Waals surface area contributed by atoms with Crippen molar-refractivity contribution in [1.29, 1.82) is 0 Å². The first-order valence-corrected chi connectivity index (χ1v) is 9.83. The molecule has 128 valence electrons. The van der Waals surface area contributed by atoms with Crippen molar-refractivity contribution in [3.05, 3.63) is 58.7 Å². The van der Waals surface area contributed by atoms with Crippen molar-refractivity contribution in [1.82, 2.24) is 0 Å². The van der Waals surface area contributed by atoms with Crippen molar-refractivity contribution in [2.24, 2.45) is 5.92 Å². The fourth-order valence-electron chi connectivity index (χ4n) is 3.02. The van der Waals surface area contributed by atoms with Crippen LogP contribution in [-0.4, -0.2) is 6.26 Å². The molecule has 0 N–H and O–H groups in total. The SMILES string of the molecule is C#Cc1ccc2c(c1)C(C)(C)c1cc(C#CSC)ccc1-2.CC(C)C. The molecule has 0 radical (unpaired) electrons. The van der Waals surface area contributed by atoms with Crippen molar-refractivity contribution in [3.63, 3.8) is 0 Å². The van der Waals surface area contributed by atoms with Crippen molar-refractivity contribution in [2.75, 3.05) is 6.26 Å². The molecule has 0 spiro atoms. The van der Waals surface area contributed by atoms with Crippen LogP contribution in [0, 0.1) is 29.4 Å². The lowest BCUT2D eigenvalue weighted by molar-refractivity contribution is 0.660. The quantitative estimate of drug-likeness (QED) is 0.504. The molecular formula is C24H26S. The smallest absolute Gasteiger partial charge is 0.0257 e. The van der Waals surface area contributed by atoms with E-state index in [0.717, 1.165) is 17.0 Å². The van der Waals surface area contributed by atoms with E-state index in [4.69, 9.17) is 6.42 Å². The van der Waals surface area contributed by atoms with Gasteiger partial charge in [0.1, 0.15) is 0 Å². The minimum Gasteiger partial charge on any atom is -0.115 e. The van der Waals surface area contributed by atoms with Crippen molar-refractivity contribution in [3.8, 4) is 34.6 Å². The van der Waals surface area contributed by atoms with Gasteiger partial charge in [-0.2, -0.15) is 0 Å². The number of hydrogen-bond acceptors (Lipinski definition) is 1. The van der Waals surface area contributed by atoms with Gasteiger partial charge in [-0.3, -0.25) is 0 Å². The molecule has 0 saturated heterocycles. The summed E-state index contributed by atoms with van der Waals surface area (Å²) in [6.07, 6.45) is 7.53. The molecule has 25 heavy (non-hydrogen) atoms. The number of thioether (sulfide) groups is 1. The van der Waals surface area contributed by atoms with E-state index >= 15 is 0 Å². The van der Waals surface area contributed by atoms with Gasteiger partial charge in [0.25, 0.3) is 0 Å². The predicted octanol–water partition coefficient (Wildman–Crippen LogP) is 6.31. The molecule has 2 aromatic carbocycles. The van der Waals surface area contributed by atoms with E-state index in [2.05, 4.69) is 82.0 Å². The third kappa shape index (κ3) is 4.12. The summed E-state index contributed by atoms with van der Waals surface area (Å²) in [5, 5.41) is 3.06. The average Bonchev–Trinajstić information content (AvgIpc) is 2.80. The summed E-state index contributed by atoms with van der Waals surface area (Å²) in [7, 11) is 0. The van der Waals surface area contributed by atoms with Gasteiger partial charge in [0.15, 0.2) is 0 Å². The first-order valence-electron chi connectivity index (χ1n) is 8.61. The zero-order valence-electron chi connectivity index (χ0n) is 16.0. The van der Waals surface area contributed by atoms with Crippen LogP contribution < -0.4 is 0 Å². The fourth-order valence-corrected chi connectivity index (χ4v) is 3.23. The number of benzene rings is 2. The van der Waals surface area contributed by atoms with E-state index in [1.165, 1.54) is 34.0 Å². The van der Waals surface area contributed by atoms with E-state index in [9.17, 15) is 0 Å². The molecule has 0 aliphatic heterocycles. The van der Waals surface area contributed by atoms with Crippen LogP contribution in [-0.2, 0) is 5.41 Å². The summed E-state index contributed by atoms with van der Waals surface area (Å²) < 4.78 is 0. The monoisotopic (exact) mass is 346 g/mol. The topological polar surface area (TPSA) is 0 Å². The molecule has 3 rings (SSSR count). The third-order valence-corrected chi connectivity index (χ3v) is 4.45. The van der Waals surface area contributed by atoms with Crippen LogP contribution in [0.25, 0.3) is 11.1 Å². The first kappa shape index (κ1) is 19.2. The molecule has 2 aromatic rings. The van der Waals surface area contributed by atoms with Gasteiger partial charge in [0, 0.05) is 16.5 Å². The average molecular weight is 347 g/mol. The Morgan fingerprint density at radius 1 is 0.920 bits per heavy atom. The molecule has 0 atom stereocenters. The second kappa shape index (κ2) is 7.86. The molecule has 0 unspecified atom stereocenters. The summed E-state index contributed by atoms with van der Waals surface area (Å²) in [5.41, 5.74) is 7.21. The third-order valence-electron chi connectivity index (χ3n) is 4.14. The van der Waals surface area contributed by atoms with Gasteiger partial charge in [-0.15, -0.1) is 6.42 Å². The minimum absolute atomic E-state index is 0.0332. The Morgan fingerprint density at radius 3 is 1.88 bits per heavy atom. The van der Waals surface area contributed by atoms with Gasteiger partial charge in [-0.05, 0) is 63.9 Å². The van der Waals surface area contributed by atoms with E-state index < -0.39 is 0 Å². The maximum atomic E-state index is 5.55. The van der Waals surface area contributed by atoms with Crippen LogP contribution in [0.3, 0.4) is 0 Å². The highest BCUT2D eigenvalue weighted by atomic mass is 32.2. The Morgan fingerprint density at radius 2 is 1.40 bits per heavy atom. The number of rotatable bonds is 0. The molecule has 1 aliphatic carbocycles. The minimum atomic E-state index is -0.0332. The largest absolute Gasteiger partial charge is 0.115 e. The lowest BCUT2D eigenvalue weighted by atomic mass is 9.81. The van der Waals surface area contributed by atoms with Crippen molar-refractivity contribution < 1.29 is 0 Å². The lowest BCUT2D eigenvalue weighted by Crippen LogP contribution is -2.15. The Kier molecular flexibility index (Phi) is 6.05. The zero-order valence-corrected chi connectivity index (χ0v) is 16.8. The zero-order chi connectivity index (χ0) is 18.6. The Hall–Kier alpha value is -2.09. The van der Waals surface area contributed by atoms with Crippen LogP contribution in [0.4, 0.5) is 0 Å². The molecule has 0 bridgehead atoms. The fraction of sp³-hybridized carbons (Fsp3) is 0.333. The molecule has 0 saturated carbocycles. The van der Waals surface area contributed by atoms with Gasteiger partial charge in [-0.25, -0.2) is 0 Å². The van der Waals surface area contributed by atoms with Crippen LogP contribution in [0.15, 0.2) is 36.4 Å². The maximum absolute atomic E-state index is 5.55. The normalized spacial score (nSPS) is 12.9. The molecule has 0 amide bonds. The van der Waals surface area contributed by atoms with Gasteiger partial charge in [-0.1, -0.05) is 70.4 Å². The molecular weight excluding hydrogens is 320 g/mol. The number of fused-ring (bicyclic) bond motifs is 3. The van der Waals surface area contributed by atoms with Crippen LogP contribution in [0.1, 0.15) is 56.9 Å². The van der Waals surface area contributed by atoms with E-state index in [-0.39, 0.29) is 5.41 Å². The summed E-state index contributed by atoms with van der Waals surface area (Å²) >= 11 is 1.54.